The molecule has 2 aliphatic heterocycles. The molecule has 7 heteroatoms. The summed E-state index contributed by atoms with van der Waals surface area (Å²) in [6.07, 6.45) is 1.16. The van der Waals surface area contributed by atoms with Crippen LogP contribution >= 0.6 is 11.8 Å². The summed E-state index contributed by atoms with van der Waals surface area (Å²) in [7, 11) is 0. The van der Waals surface area contributed by atoms with E-state index in [4.69, 9.17) is 5.73 Å². The van der Waals surface area contributed by atoms with Gasteiger partial charge in [-0.2, -0.15) is 10.0 Å². The summed E-state index contributed by atoms with van der Waals surface area (Å²) < 4.78 is 0. The van der Waals surface area contributed by atoms with E-state index < -0.39 is 5.41 Å². The molecule has 0 atom stereocenters. The van der Waals surface area contributed by atoms with Crippen molar-refractivity contribution in [1.82, 2.24) is 5.01 Å². The van der Waals surface area contributed by atoms with E-state index in [9.17, 15) is 9.59 Å². The molecule has 3 rings (SSSR count). The maximum atomic E-state index is 11.8. The van der Waals surface area contributed by atoms with E-state index in [0.29, 0.717) is 12.8 Å². The lowest BCUT2D eigenvalue weighted by atomic mass is 10.0. The number of nitrogens with zero attached hydrogens (tertiary/aromatic N) is 3. The fourth-order valence-electron chi connectivity index (χ4n) is 1.54. The second-order valence-electron chi connectivity index (χ2n) is 3.44. The SMILES string of the molecule is NC1=NN2C(=O)C3(CC3)C(=O)N=C2S1. The highest BCUT2D eigenvalue weighted by Crippen LogP contribution is 2.51. The summed E-state index contributed by atoms with van der Waals surface area (Å²) in [5, 5.41) is 5.51. The van der Waals surface area contributed by atoms with Gasteiger partial charge in [0.05, 0.1) is 0 Å². The van der Waals surface area contributed by atoms with E-state index in [-0.39, 0.29) is 22.1 Å². The fraction of sp³-hybridized carbons (Fsp3) is 0.429. The number of aliphatic imine (C=N–C) groups is 1. The summed E-state index contributed by atoms with van der Waals surface area (Å²) in [6.45, 7) is 0. The van der Waals surface area contributed by atoms with Crippen LogP contribution in [-0.4, -0.2) is 27.2 Å². The number of amides is 2. The van der Waals surface area contributed by atoms with Crippen LogP contribution in [0.2, 0.25) is 0 Å². The Hall–Kier alpha value is -1.37. The predicted molar refractivity (Wildman–Crippen MR) is 50.2 cm³/mol. The van der Waals surface area contributed by atoms with E-state index >= 15 is 0 Å². The minimum atomic E-state index is -0.891. The van der Waals surface area contributed by atoms with Gasteiger partial charge < -0.3 is 5.73 Å². The highest BCUT2D eigenvalue weighted by atomic mass is 32.2. The van der Waals surface area contributed by atoms with Crippen molar-refractivity contribution in [3.8, 4) is 0 Å². The van der Waals surface area contributed by atoms with Crippen LogP contribution in [0.3, 0.4) is 0 Å². The zero-order valence-corrected chi connectivity index (χ0v) is 7.87. The van der Waals surface area contributed by atoms with Crippen molar-refractivity contribution in [2.24, 2.45) is 21.2 Å². The third-order valence-electron chi connectivity index (χ3n) is 2.53. The van der Waals surface area contributed by atoms with Crippen molar-refractivity contribution in [2.75, 3.05) is 0 Å². The zero-order chi connectivity index (χ0) is 9.92. The number of hydrogen-bond acceptors (Lipinski definition) is 5. The number of carbonyl (C=O) groups excluding carboxylic acids is 2. The molecule has 72 valence electrons. The fourth-order valence-corrected chi connectivity index (χ4v) is 2.19. The summed E-state index contributed by atoms with van der Waals surface area (Å²) in [5.74, 6) is -0.619. The molecule has 1 aliphatic carbocycles. The Bertz CT molecular complexity index is 423. The number of carbonyl (C=O) groups is 2. The minimum absolute atomic E-state index is 0.252. The van der Waals surface area contributed by atoms with Crippen molar-refractivity contribution in [1.29, 1.82) is 0 Å². The van der Waals surface area contributed by atoms with Gasteiger partial charge in [-0.1, -0.05) is 0 Å². The first-order valence-electron chi connectivity index (χ1n) is 4.13. The molecule has 14 heavy (non-hydrogen) atoms. The molecular weight excluding hydrogens is 204 g/mol. The van der Waals surface area contributed by atoms with Crippen LogP contribution in [0.15, 0.2) is 10.1 Å². The number of thioether (sulfide) groups is 1. The topological polar surface area (TPSA) is 88.1 Å². The van der Waals surface area contributed by atoms with Crippen LogP contribution in [0.5, 0.6) is 0 Å². The Balaban J connectivity index is 2.10. The lowest BCUT2D eigenvalue weighted by molar-refractivity contribution is -0.141. The van der Waals surface area contributed by atoms with Gasteiger partial charge >= 0.3 is 0 Å². The molecule has 2 amide bonds. The maximum absolute atomic E-state index is 11.8. The number of amidine groups is 2. The normalized spacial score (nSPS) is 27.6. The molecule has 0 bridgehead atoms. The van der Waals surface area contributed by atoms with Crippen molar-refractivity contribution >= 4 is 33.9 Å². The van der Waals surface area contributed by atoms with Gasteiger partial charge in [0, 0.05) is 0 Å². The molecule has 0 radical (unpaired) electrons. The van der Waals surface area contributed by atoms with Crippen LogP contribution in [0.1, 0.15) is 12.8 Å². The summed E-state index contributed by atoms with van der Waals surface area (Å²) in [5.41, 5.74) is 4.55. The van der Waals surface area contributed by atoms with Gasteiger partial charge in [-0.25, -0.2) is 0 Å². The Kier molecular flexibility index (Phi) is 1.23. The van der Waals surface area contributed by atoms with Crippen molar-refractivity contribution < 1.29 is 9.59 Å². The van der Waals surface area contributed by atoms with E-state index in [1.54, 1.807) is 0 Å². The number of fused-ring (bicyclic) bond motifs is 1. The monoisotopic (exact) mass is 210 g/mol. The summed E-state index contributed by atoms with van der Waals surface area (Å²) in [6, 6.07) is 0. The average Bonchev–Trinajstić information content (AvgIpc) is 2.84. The van der Waals surface area contributed by atoms with Crippen LogP contribution in [0.25, 0.3) is 0 Å². The molecular formula is C7H6N4O2S. The highest BCUT2D eigenvalue weighted by Gasteiger charge is 2.62. The van der Waals surface area contributed by atoms with Gasteiger partial charge in [-0.3, -0.25) is 9.59 Å². The number of rotatable bonds is 0. The molecule has 2 N–H and O–H groups in total. The van der Waals surface area contributed by atoms with Crippen LogP contribution in [0, 0.1) is 5.41 Å². The Morgan fingerprint density at radius 1 is 1.43 bits per heavy atom. The second kappa shape index (κ2) is 2.17. The van der Waals surface area contributed by atoms with Crippen LogP contribution in [-0.2, 0) is 9.59 Å². The molecule has 0 aromatic heterocycles. The molecule has 1 spiro atoms. The minimum Gasteiger partial charge on any atom is -0.376 e. The van der Waals surface area contributed by atoms with Gasteiger partial charge in [0.1, 0.15) is 5.41 Å². The largest absolute Gasteiger partial charge is 0.376 e. The molecule has 0 unspecified atom stereocenters. The molecule has 1 fully saturated rings. The standard InChI is InChI=1S/C7H6N4O2S/c8-5-10-11-4(13)7(1-2-7)3(12)9-6(11)14-5/h1-2H2,(H2,8,10). The van der Waals surface area contributed by atoms with Gasteiger partial charge in [0.15, 0.2) is 5.17 Å². The quantitative estimate of drug-likeness (QED) is 0.544. The molecule has 3 aliphatic rings. The lowest BCUT2D eigenvalue weighted by Gasteiger charge is -2.21. The summed E-state index contributed by atoms with van der Waals surface area (Å²) >= 11 is 1.05. The number of nitrogens with two attached hydrogens (primary N) is 1. The Morgan fingerprint density at radius 2 is 2.14 bits per heavy atom. The highest BCUT2D eigenvalue weighted by molar-refractivity contribution is 8.26. The third kappa shape index (κ3) is 0.777. The van der Waals surface area contributed by atoms with Crippen LogP contribution in [0.4, 0.5) is 0 Å². The second-order valence-corrected chi connectivity index (χ2v) is 4.43. The number of hydrogen-bond donors (Lipinski definition) is 1. The molecule has 2 heterocycles. The van der Waals surface area contributed by atoms with E-state index in [2.05, 4.69) is 10.1 Å². The molecule has 6 nitrogen and oxygen atoms in total. The van der Waals surface area contributed by atoms with Gasteiger partial charge in [0.2, 0.25) is 5.17 Å². The van der Waals surface area contributed by atoms with Gasteiger partial charge in [-0.15, -0.1) is 5.10 Å². The predicted octanol–water partition coefficient (Wildman–Crippen LogP) is -0.532. The van der Waals surface area contributed by atoms with Crippen molar-refractivity contribution in [2.45, 2.75) is 12.8 Å². The number of hydrazone groups is 1. The first kappa shape index (κ1) is 7.98. The first-order chi connectivity index (χ1) is 6.63. The van der Waals surface area contributed by atoms with E-state index in [0.717, 1.165) is 16.8 Å². The van der Waals surface area contributed by atoms with Crippen LogP contribution < -0.4 is 5.73 Å². The average molecular weight is 210 g/mol. The molecule has 1 saturated carbocycles. The Morgan fingerprint density at radius 3 is 2.79 bits per heavy atom. The smallest absolute Gasteiger partial charge is 0.265 e. The molecule has 0 saturated heterocycles. The maximum Gasteiger partial charge on any atom is 0.265 e. The van der Waals surface area contributed by atoms with Crippen molar-refractivity contribution in [3.05, 3.63) is 0 Å². The molecule has 0 aromatic rings. The van der Waals surface area contributed by atoms with E-state index in [1.165, 1.54) is 0 Å². The first-order valence-corrected chi connectivity index (χ1v) is 4.95. The van der Waals surface area contributed by atoms with Gasteiger partial charge in [-0.05, 0) is 24.6 Å². The van der Waals surface area contributed by atoms with Gasteiger partial charge in [0.25, 0.3) is 11.8 Å². The zero-order valence-electron chi connectivity index (χ0n) is 7.06. The third-order valence-corrected chi connectivity index (χ3v) is 3.27. The van der Waals surface area contributed by atoms with E-state index in [1.807, 2.05) is 0 Å². The molecule has 0 aromatic carbocycles. The van der Waals surface area contributed by atoms with Crippen molar-refractivity contribution in [3.63, 3.8) is 0 Å². The Labute approximate surface area is 83.2 Å². The summed E-state index contributed by atoms with van der Waals surface area (Å²) in [4.78, 5) is 27.1. The lowest BCUT2D eigenvalue weighted by Crippen LogP contribution is -2.43.